The first-order valence-corrected chi connectivity index (χ1v) is 13.8. The van der Waals surface area contributed by atoms with Gasteiger partial charge < -0.3 is 19.7 Å². The van der Waals surface area contributed by atoms with Gasteiger partial charge in [-0.2, -0.15) is 0 Å². The summed E-state index contributed by atoms with van der Waals surface area (Å²) in [6, 6.07) is 10.9. The predicted molar refractivity (Wildman–Crippen MR) is 141 cm³/mol. The number of sulfonamides is 1. The highest BCUT2D eigenvalue weighted by atomic mass is 35.5. The number of carbonyl (C=O) groups is 2. The van der Waals surface area contributed by atoms with E-state index in [0.29, 0.717) is 29.3 Å². The maximum Gasteiger partial charge on any atom is 0.244 e. The maximum absolute atomic E-state index is 13.7. The molecule has 0 radical (unpaired) electrons. The molecule has 2 amide bonds. The zero-order valence-electron chi connectivity index (χ0n) is 21.3. The fraction of sp³-hybridized carbons (Fsp3) is 0.440. The maximum atomic E-state index is 13.7. The second-order valence-corrected chi connectivity index (χ2v) is 10.4. The number of carbonyl (C=O) groups excluding carboxylic acids is 2. The average molecular weight is 540 g/mol. The van der Waals surface area contributed by atoms with Crippen LogP contribution in [0.5, 0.6) is 11.5 Å². The molecule has 0 heterocycles. The van der Waals surface area contributed by atoms with Crippen LogP contribution in [0.3, 0.4) is 0 Å². The fourth-order valence-electron chi connectivity index (χ4n) is 3.68. The van der Waals surface area contributed by atoms with Crippen molar-refractivity contribution in [2.45, 2.75) is 39.3 Å². The zero-order chi connectivity index (χ0) is 26.9. The Morgan fingerprint density at radius 1 is 1.08 bits per heavy atom. The van der Waals surface area contributed by atoms with Gasteiger partial charge in [-0.1, -0.05) is 43.6 Å². The largest absolute Gasteiger partial charge is 0.497 e. The number of benzene rings is 2. The van der Waals surface area contributed by atoms with Crippen LogP contribution in [0.15, 0.2) is 42.5 Å². The molecule has 2 rings (SSSR count). The van der Waals surface area contributed by atoms with Gasteiger partial charge in [0.2, 0.25) is 21.8 Å². The van der Waals surface area contributed by atoms with Gasteiger partial charge in [0.05, 0.1) is 26.2 Å². The van der Waals surface area contributed by atoms with Crippen molar-refractivity contribution < 1.29 is 27.5 Å². The van der Waals surface area contributed by atoms with Crippen molar-refractivity contribution in [3.8, 4) is 11.5 Å². The van der Waals surface area contributed by atoms with E-state index in [1.807, 2.05) is 6.92 Å². The number of halogens is 1. The van der Waals surface area contributed by atoms with Gasteiger partial charge in [0, 0.05) is 24.2 Å². The number of rotatable bonds is 13. The van der Waals surface area contributed by atoms with Crippen molar-refractivity contribution >= 4 is 39.1 Å². The van der Waals surface area contributed by atoms with E-state index in [-0.39, 0.29) is 23.9 Å². The van der Waals surface area contributed by atoms with E-state index in [1.54, 1.807) is 43.3 Å². The van der Waals surface area contributed by atoms with Gasteiger partial charge in [-0.15, -0.1) is 0 Å². The third kappa shape index (κ3) is 7.51. The van der Waals surface area contributed by atoms with E-state index in [4.69, 9.17) is 21.1 Å². The molecule has 0 fully saturated rings. The number of anilines is 1. The van der Waals surface area contributed by atoms with Gasteiger partial charge in [-0.05, 0) is 36.6 Å². The summed E-state index contributed by atoms with van der Waals surface area (Å²) >= 11 is 6.36. The van der Waals surface area contributed by atoms with Crippen LogP contribution >= 0.6 is 11.6 Å². The second-order valence-electron chi connectivity index (χ2n) is 8.14. The number of nitrogens with one attached hydrogen (secondary N) is 1. The molecule has 0 bridgehead atoms. The Bertz CT molecular complexity index is 1160. The van der Waals surface area contributed by atoms with E-state index < -0.39 is 28.5 Å². The molecule has 198 valence electrons. The van der Waals surface area contributed by atoms with Crippen LogP contribution in [-0.2, 0) is 26.2 Å². The van der Waals surface area contributed by atoms with Crippen LogP contribution in [0.4, 0.5) is 5.69 Å². The number of ether oxygens (including phenoxy) is 2. The zero-order valence-corrected chi connectivity index (χ0v) is 22.9. The topological polar surface area (TPSA) is 105 Å². The van der Waals surface area contributed by atoms with E-state index in [2.05, 4.69) is 5.32 Å². The Morgan fingerprint density at radius 2 is 1.78 bits per heavy atom. The number of hydrogen-bond acceptors (Lipinski definition) is 6. The highest BCUT2D eigenvalue weighted by Crippen LogP contribution is 2.34. The van der Waals surface area contributed by atoms with Crippen molar-refractivity contribution in [2.24, 2.45) is 0 Å². The van der Waals surface area contributed by atoms with E-state index in [0.717, 1.165) is 17.0 Å². The molecule has 0 unspecified atom stereocenters. The quantitative estimate of drug-likeness (QED) is 0.418. The Kier molecular flexibility index (Phi) is 10.9. The first-order chi connectivity index (χ1) is 17.1. The van der Waals surface area contributed by atoms with Gasteiger partial charge in [0.15, 0.2) is 0 Å². The van der Waals surface area contributed by atoms with Crippen molar-refractivity contribution in [1.29, 1.82) is 0 Å². The Hall–Kier alpha value is -2.98. The van der Waals surface area contributed by atoms with Gasteiger partial charge in [-0.3, -0.25) is 13.9 Å². The van der Waals surface area contributed by atoms with Gasteiger partial charge in [0.1, 0.15) is 24.1 Å². The first-order valence-electron chi connectivity index (χ1n) is 11.6. The van der Waals surface area contributed by atoms with Crippen LogP contribution in [0.1, 0.15) is 32.3 Å². The lowest BCUT2D eigenvalue weighted by molar-refractivity contribution is -0.140. The third-order valence-electron chi connectivity index (χ3n) is 5.57. The Labute approximate surface area is 218 Å². The molecule has 2 aromatic rings. The molecule has 0 spiro atoms. The molecule has 9 nitrogen and oxygen atoms in total. The molecular weight excluding hydrogens is 506 g/mol. The lowest BCUT2D eigenvalue weighted by Gasteiger charge is -2.33. The minimum absolute atomic E-state index is 0.0312. The van der Waals surface area contributed by atoms with E-state index >= 15 is 0 Å². The van der Waals surface area contributed by atoms with Crippen LogP contribution in [-0.4, -0.2) is 64.7 Å². The van der Waals surface area contributed by atoms with E-state index in [9.17, 15) is 18.0 Å². The lowest BCUT2D eigenvalue weighted by atomic mass is 10.1. The number of methoxy groups -OCH3 is 2. The molecular formula is C25H34ClN3O6S. The summed E-state index contributed by atoms with van der Waals surface area (Å²) in [5.41, 5.74) is 0.785. The molecule has 0 saturated carbocycles. The number of amides is 2. The smallest absolute Gasteiger partial charge is 0.244 e. The summed E-state index contributed by atoms with van der Waals surface area (Å²) in [4.78, 5) is 28.1. The normalized spacial score (nSPS) is 11.9. The van der Waals surface area contributed by atoms with Crippen LogP contribution in [0.2, 0.25) is 5.02 Å². The van der Waals surface area contributed by atoms with E-state index in [1.165, 1.54) is 25.2 Å². The molecule has 0 aliphatic rings. The molecule has 1 N–H and O–H groups in total. The summed E-state index contributed by atoms with van der Waals surface area (Å²) in [5, 5.41) is 3.27. The fourth-order valence-corrected chi connectivity index (χ4v) is 4.72. The SMILES string of the molecule is CCCNC(=O)[C@H](CC)N(Cc1ccccc1Cl)C(=O)CN(c1cc(OC)ccc1OC)S(C)(=O)=O. The number of nitrogens with zero attached hydrogens (tertiary/aromatic N) is 2. The number of hydrogen-bond donors (Lipinski definition) is 1. The van der Waals surface area contributed by atoms with Crippen LogP contribution in [0, 0.1) is 0 Å². The minimum atomic E-state index is -3.93. The summed E-state index contributed by atoms with van der Waals surface area (Å²) in [6.07, 6.45) is 2.06. The van der Waals surface area contributed by atoms with Crippen LogP contribution in [0.25, 0.3) is 0 Å². The summed E-state index contributed by atoms with van der Waals surface area (Å²) < 4.78 is 37.2. The molecule has 1 atom stereocenters. The van der Waals surface area contributed by atoms with Crippen molar-refractivity contribution in [3.63, 3.8) is 0 Å². The van der Waals surface area contributed by atoms with Crippen molar-refractivity contribution in [1.82, 2.24) is 10.2 Å². The summed E-state index contributed by atoms with van der Waals surface area (Å²) in [5.74, 6) is -0.238. The molecule has 0 aromatic heterocycles. The molecule has 0 saturated heterocycles. The minimum Gasteiger partial charge on any atom is -0.497 e. The standard InChI is InChI=1S/C25H34ClN3O6S/c1-6-14-27-25(31)21(7-2)28(16-18-10-8-9-11-20(18)26)24(30)17-29(36(5,32)33)22-15-19(34-3)12-13-23(22)35-4/h8-13,15,21H,6-7,14,16-17H2,1-5H3,(H,27,31)/t21-/m0/s1. The highest BCUT2D eigenvalue weighted by molar-refractivity contribution is 7.92. The molecule has 11 heteroatoms. The lowest BCUT2D eigenvalue weighted by Crippen LogP contribution is -2.52. The van der Waals surface area contributed by atoms with Gasteiger partial charge in [-0.25, -0.2) is 8.42 Å². The van der Waals surface area contributed by atoms with Crippen molar-refractivity contribution in [3.05, 3.63) is 53.1 Å². The summed E-state index contributed by atoms with van der Waals surface area (Å²) in [7, 11) is -1.07. The van der Waals surface area contributed by atoms with Gasteiger partial charge in [0.25, 0.3) is 0 Å². The molecule has 2 aromatic carbocycles. The Balaban J connectivity index is 2.53. The summed E-state index contributed by atoms with van der Waals surface area (Å²) in [6.45, 7) is 3.66. The average Bonchev–Trinajstić information content (AvgIpc) is 2.85. The monoisotopic (exact) mass is 539 g/mol. The third-order valence-corrected chi connectivity index (χ3v) is 7.06. The molecule has 0 aliphatic carbocycles. The highest BCUT2D eigenvalue weighted by Gasteiger charge is 2.33. The van der Waals surface area contributed by atoms with Crippen LogP contribution < -0.4 is 19.1 Å². The predicted octanol–water partition coefficient (Wildman–Crippen LogP) is 3.46. The Morgan fingerprint density at radius 3 is 2.33 bits per heavy atom. The van der Waals surface area contributed by atoms with Gasteiger partial charge >= 0.3 is 0 Å². The molecule has 0 aliphatic heterocycles. The molecule has 36 heavy (non-hydrogen) atoms. The second kappa shape index (κ2) is 13.4. The van der Waals surface area contributed by atoms with Crippen molar-refractivity contribution in [2.75, 3.05) is 37.9 Å². The first kappa shape index (κ1) is 29.3.